The van der Waals surface area contributed by atoms with Crippen molar-refractivity contribution in [3.63, 3.8) is 0 Å². The van der Waals surface area contributed by atoms with E-state index in [0.717, 1.165) is 0 Å². The first kappa shape index (κ1) is 12.0. The summed E-state index contributed by atoms with van der Waals surface area (Å²) in [4.78, 5) is 7.97. The van der Waals surface area contributed by atoms with Gasteiger partial charge in [-0.2, -0.15) is 5.10 Å². The highest BCUT2D eigenvalue weighted by Crippen LogP contribution is 2.15. The van der Waals surface area contributed by atoms with E-state index in [9.17, 15) is 4.39 Å². The summed E-state index contributed by atoms with van der Waals surface area (Å²) >= 11 is 0. The molecule has 0 saturated heterocycles. The average Bonchev–Trinajstić information content (AvgIpc) is 2.39. The normalized spacial score (nSPS) is 10.6. The summed E-state index contributed by atoms with van der Waals surface area (Å²) < 4.78 is 17.9. The molecule has 0 aliphatic carbocycles. The lowest BCUT2D eigenvalue weighted by Crippen LogP contribution is -1.98. The molecule has 0 bridgehead atoms. The highest BCUT2D eigenvalue weighted by molar-refractivity contribution is 5.80. The molecule has 0 saturated carbocycles. The number of anilines is 1. The maximum Gasteiger partial charge on any atom is 0.258 e. The van der Waals surface area contributed by atoms with Crippen LogP contribution in [0, 0.1) is 5.82 Å². The minimum atomic E-state index is -0.309. The van der Waals surface area contributed by atoms with Crippen LogP contribution in [-0.2, 0) is 0 Å². The Morgan fingerprint density at radius 1 is 1.33 bits per heavy atom. The van der Waals surface area contributed by atoms with Crippen LogP contribution in [0.4, 0.5) is 10.2 Å². The quantitative estimate of drug-likeness (QED) is 0.662. The van der Waals surface area contributed by atoms with Gasteiger partial charge in [-0.15, -0.1) is 0 Å². The molecule has 0 radical (unpaired) electrons. The Kier molecular flexibility index (Phi) is 3.80. The van der Waals surface area contributed by atoms with Crippen molar-refractivity contribution in [3.05, 3.63) is 48.0 Å². The van der Waals surface area contributed by atoms with Crippen LogP contribution >= 0.6 is 0 Å². The number of methoxy groups -OCH3 is 1. The molecule has 2 rings (SSSR count). The third-order valence-corrected chi connectivity index (χ3v) is 2.09. The van der Waals surface area contributed by atoms with E-state index < -0.39 is 0 Å². The van der Waals surface area contributed by atoms with Crippen LogP contribution in [0.2, 0.25) is 0 Å². The third kappa shape index (κ3) is 3.00. The second kappa shape index (κ2) is 5.72. The number of benzene rings is 1. The van der Waals surface area contributed by atoms with Crippen molar-refractivity contribution in [1.29, 1.82) is 0 Å². The Bertz CT molecular complexity index is 559. The summed E-state index contributed by atoms with van der Waals surface area (Å²) in [5, 5.41) is 3.94. The molecule has 0 unspecified atom stereocenters. The van der Waals surface area contributed by atoms with Crippen molar-refractivity contribution in [2.24, 2.45) is 5.10 Å². The predicted molar refractivity (Wildman–Crippen MR) is 66.2 cm³/mol. The Labute approximate surface area is 103 Å². The van der Waals surface area contributed by atoms with Gasteiger partial charge in [0.25, 0.3) is 5.88 Å². The lowest BCUT2D eigenvalue weighted by molar-refractivity contribution is 0.398. The molecule has 0 amide bonds. The maximum absolute atomic E-state index is 12.9. The van der Waals surface area contributed by atoms with Crippen molar-refractivity contribution in [2.45, 2.75) is 0 Å². The van der Waals surface area contributed by atoms with E-state index in [1.54, 1.807) is 12.1 Å². The van der Waals surface area contributed by atoms with Gasteiger partial charge in [-0.05, 0) is 17.7 Å². The van der Waals surface area contributed by atoms with Crippen LogP contribution in [0.3, 0.4) is 0 Å². The summed E-state index contributed by atoms with van der Waals surface area (Å²) in [6, 6.07) is 6.09. The fraction of sp³-hybridized carbons (Fsp3) is 0.0833. The summed E-state index contributed by atoms with van der Waals surface area (Å²) in [6.07, 6.45) is 4.51. The number of ether oxygens (including phenoxy) is 1. The zero-order valence-corrected chi connectivity index (χ0v) is 9.67. The molecule has 0 fully saturated rings. The van der Waals surface area contributed by atoms with E-state index in [0.29, 0.717) is 17.3 Å². The summed E-state index contributed by atoms with van der Waals surface area (Å²) in [5.74, 6) is 0.428. The van der Waals surface area contributed by atoms with E-state index >= 15 is 0 Å². The first-order chi connectivity index (χ1) is 8.79. The van der Waals surface area contributed by atoms with Crippen LogP contribution in [0.15, 0.2) is 41.8 Å². The molecule has 1 aromatic carbocycles. The zero-order chi connectivity index (χ0) is 12.8. The molecule has 0 atom stereocenters. The van der Waals surface area contributed by atoms with Crippen LogP contribution in [0.1, 0.15) is 5.56 Å². The van der Waals surface area contributed by atoms with E-state index in [1.165, 1.54) is 37.9 Å². The molecule has 5 nitrogen and oxygen atoms in total. The van der Waals surface area contributed by atoms with Crippen LogP contribution < -0.4 is 10.2 Å². The van der Waals surface area contributed by atoms with E-state index in [-0.39, 0.29) is 5.82 Å². The van der Waals surface area contributed by atoms with Gasteiger partial charge < -0.3 is 4.74 Å². The first-order valence-corrected chi connectivity index (χ1v) is 5.19. The largest absolute Gasteiger partial charge is 0.478 e. The van der Waals surface area contributed by atoms with Crippen molar-refractivity contribution in [1.82, 2.24) is 9.97 Å². The highest BCUT2D eigenvalue weighted by Gasteiger charge is 2.02. The average molecular weight is 246 g/mol. The summed E-state index contributed by atoms with van der Waals surface area (Å²) in [5.41, 5.74) is 3.32. The second-order valence-electron chi connectivity index (χ2n) is 3.34. The van der Waals surface area contributed by atoms with E-state index in [1.807, 2.05) is 0 Å². The number of nitrogens with zero attached hydrogens (tertiary/aromatic N) is 3. The van der Waals surface area contributed by atoms with Gasteiger partial charge in [0, 0.05) is 12.4 Å². The fourth-order valence-electron chi connectivity index (χ4n) is 1.31. The smallest absolute Gasteiger partial charge is 0.258 e. The zero-order valence-electron chi connectivity index (χ0n) is 9.67. The maximum atomic E-state index is 12.9. The molecule has 0 aliphatic heterocycles. The SMILES string of the molecule is COc1nccnc1NN=Cc1cccc(F)c1. The van der Waals surface area contributed by atoms with Gasteiger partial charge in [-0.1, -0.05) is 12.1 Å². The fourth-order valence-corrected chi connectivity index (χ4v) is 1.31. The van der Waals surface area contributed by atoms with Gasteiger partial charge in [0.15, 0.2) is 0 Å². The van der Waals surface area contributed by atoms with Gasteiger partial charge in [-0.25, -0.2) is 14.4 Å². The Hall–Kier alpha value is -2.50. The third-order valence-electron chi connectivity index (χ3n) is 2.09. The van der Waals surface area contributed by atoms with Crippen molar-refractivity contribution < 1.29 is 9.13 Å². The van der Waals surface area contributed by atoms with Crippen LogP contribution in [-0.4, -0.2) is 23.3 Å². The van der Waals surface area contributed by atoms with Gasteiger partial charge in [-0.3, -0.25) is 5.43 Å². The molecular weight excluding hydrogens is 235 g/mol. The topological polar surface area (TPSA) is 59.4 Å². The minimum Gasteiger partial charge on any atom is -0.478 e. The van der Waals surface area contributed by atoms with Crippen molar-refractivity contribution in [3.8, 4) is 5.88 Å². The molecule has 92 valence electrons. The van der Waals surface area contributed by atoms with Crippen molar-refractivity contribution >= 4 is 12.0 Å². The Balaban J connectivity index is 2.07. The highest BCUT2D eigenvalue weighted by atomic mass is 19.1. The number of hydrogen-bond acceptors (Lipinski definition) is 5. The summed E-state index contributed by atoms with van der Waals surface area (Å²) in [7, 11) is 1.49. The number of hydrazone groups is 1. The van der Waals surface area contributed by atoms with Gasteiger partial charge in [0.1, 0.15) is 5.82 Å². The van der Waals surface area contributed by atoms with Gasteiger partial charge >= 0.3 is 0 Å². The number of halogens is 1. The van der Waals surface area contributed by atoms with E-state index in [2.05, 4.69) is 20.5 Å². The number of nitrogens with one attached hydrogen (secondary N) is 1. The molecule has 18 heavy (non-hydrogen) atoms. The molecule has 1 heterocycles. The molecule has 0 aliphatic rings. The second-order valence-corrected chi connectivity index (χ2v) is 3.34. The molecular formula is C12H11FN4O. The lowest BCUT2D eigenvalue weighted by Gasteiger charge is -2.03. The number of hydrogen-bond donors (Lipinski definition) is 1. The first-order valence-electron chi connectivity index (χ1n) is 5.19. The summed E-state index contributed by atoms with van der Waals surface area (Å²) in [6.45, 7) is 0. The minimum absolute atomic E-state index is 0.309. The van der Waals surface area contributed by atoms with Crippen LogP contribution in [0.5, 0.6) is 5.88 Å². The Morgan fingerprint density at radius 3 is 2.94 bits per heavy atom. The monoisotopic (exact) mass is 246 g/mol. The number of rotatable bonds is 4. The van der Waals surface area contributed by atoms with Crippen molar-refractivity contribution in [2.75, 3.05) is 12.5 Å². The standard InChI is InChI=1S/C12H11FN4O/c1-18-12-11(14-5-6-15-12)17-16-8-9-3-2-4-10(13)7-9/h2-8H,1H3,(H,14,17). The van der Waals surface area contributed by atoms with E-state index in [4.69, 9.17) is 4.74 Å². The molecule has 1 N–H and O–H groups in total. The molecule has 1 aromatic heterocycles. The molecule has 6 heteroatoms. The van der Waals surface area contributed by atoms with Gasteiger partial charge in [0.05, 0.1) is 13.3 Å². The van der Waals surface area contributed by atoms with Gasteiger partial charge in [0.2, 0.25) is 5.82 Å². The lowest BCUT2D eigenvalue weighted by atomic mass is 10.2. The molecule has 2 aromatic rings. The van der Waals surface area contributed by atoms with Crippen LogP contribution in [0.25, 0.3) is 0 Å². The predicted octanol–water partition coefficient (Wildman–Crippen LogP) is 2.07. The molecule has 0 spiro atoms. The Morgan fingerprint density at radius 2 is 2.17 bits per heavy atom. The number of aromatic nitrogens is 2.